The van der Waals surface area contributed by atoms with E-state index in [9.17, 15) is 0 Å². The van der Waals surface area contributed by atoms with E-state index in [1.807, 2.05) is 12.2 Å². The van der Waals surface area contributed by atoms with Crippen molar-refractivity contribution in [2.45, 2.75) is 0 Å². The molecule has 28 heavy (non-hydrogen) atoms. The number of hydrogen-bond donors (Lipinski definition) is 0. The van der Waals surface area contributed by atoms with E-state index in [0.717, 1.165) is 13.1 Å². The van der Waals surface area contributed by atoms with Crippen LogP contribution in [-0.4, -0.2) is 147 Å². The van der Waals surface area contributed by atoms with E-state index in [1.54, 1.807) is 0 Å². The van der Waals surface area contributed by atoms with Crippen LogP contribution in [0.1, 0.15) is 0 Å². The van der Waals surface area contributed by atoms with Gasteiger partial charge in [0.15, 0.2) is 0 Å². The Kier molecular flexibility index (Phi) is 9.44. The van der Waals surface area contributed by atoms with E-state index < -0.39 is 0 Å². The summed E-state index contributed by atoms with van der Waals surface area (Å²) in [6, 6.07) is 0. The summed E-state index contributed by atoms with van der Waals surface area (Å²) in [6.45, 7) is 29.3. The fourth-order valence-corrected chi connectivity index (χ4v) is 4.56. The monoisotopic (exact) mass is 390 g/mol. The fourth-order valence-electron chi connectivity index (χ4n) is 4.56. The van der Waals surface area contributed by atoms with Crippen molar-refractivity contribution >= 4 is 0 Å². The molecule has 3 heterocycles. The van der Waals surface area contributed by atoms with Gasteiger partial charge in [-0.25, -0.2) is 0 Å². The first-order valence-electron chi connectivity index (χ1n) is 11.3. The van der Waals surface area contributed by atoms with Gasteiger partial charge in [0.25, 0.3) is 0 Å². The summed E-state index contributed by atoms with van der Waals surface area (Å²) < 4.78 is 0. The van der Waals surface area contributed by atoms with E-state index in [0.29, 0.717) is 0 Å². The second-order valence-corrected chi connectivity index (χ2v) is 8.55. The Morgan fingerprint density at radius 1 is 0.393 bits per heavy atom. The molecular weight excluding hydrogens is 348 g/mol. The van der Waals surface area contributed by atoms with Gasteiger partial charge in [-0.3, -0.25) is 29.4 Å². The minimum atomic E-state index is 1.04. The van der Waals surface area contributed by atoms with Crippen molar-refractivity contribution in [1.29, 1.82) is 0 Å². The van der Waals surface area contributed by atoms with Crippen LogP contribution >= 0.6 is 0 Å². The van der Waals surface area contributed by atoms with E-state index >= 15 is 0 Å². The molecule has 3 aliphatic rings. The Labute approximate surface area is 173 Å². The molecule has 0 atom stereocenters. The number of rotatable bonds is 10. The maximum absolute atomic E-state index is 3.85. The minimum absolute atomic E-state index is 1.04. The van der Waals surface area contributed by atoms with Gasteiger partial charge in [-0.05, 0) is 0 Å². The lowest BCUT2D eigenvalue weighted by Gasteiger charge is -2.39. The quantitative estimate of drug-likeness (QED) is 0.493. The molecular formula is C22H42N6. The lowest BCUT2D eigenvalue weighted by atomic mass is 10.2. The van der Waals surface area contributed by atoms with Crippen molar-refractivity contribution in [1.82, 2.24) is 29.4 Å². The molecule has 6 heteroatoms. The van der Waals surface area contributed by atoms with E-state index in [2.05, 4.69) is 42.6 Å². The predicted octanol–water partition coefficient (Wildman–Crippen LogP) is 0.211. The minimum Gasteiger partial charge on any atom is -0.300 e. The van der Waals surface area contributed by atoms with Crippen LogP contribution in [0.2, 0.25) is 0 Å². The van der Waals surface area contributed by atoms with Crippen molar-refractivity contribution in [2.24, 2.45) is 0 Å². The average Bonchev–Trinajstić information content (AvgIpc) is 2.74. The van der Waals surface area contributed by atoms with Gasteiger partial charge in [-0.1, -0.05) is 12.2 Å². The number of hydrogen-bond acceptors (Lipinski definition) is 6. The molecule has 0 saturated carbocycles. The second-order valence-electron chi connectivity index (χ2n) is 8.55. The lowest BCUT2D eigenvalue weighted by Crippen LogP contribution is -2.53. The number of piperazine rings is 3. The predicted molar refractivity (Wildman–Crippen MR) is 119 cm³/mol. The fraction of sp³-hybridized carbons (Fsp3) is 0.818. The summed E-state index contributed by atoms with van der Waals surface area (Å²) in [6.07, 6.45) is 4.05. The molecule has 0 aliphatic carbocycles. The highest BCUT2D eigenvalue weighted by atomic mass is 15.3. The topological polar surface area (TPSA) is 19.4 Å². The molecule has 3 aliphatic heterocycles. The maximum atomic E-state index is 3.85. The maximum Gasteiger partial charge on any atom is 0.0161 e. The third-order valence-corrected chi connectivity index (χ3v) is 6.63. The zero-order valence-corrected chi connectivity index (χ0v) is 18.0. The summed E-state index contributed by atoms with van der Waals surface area (Å²) in [4.78, 5) is 15.6. The molecule has 0 aromatic heterocycles. The molecule has 3 fully saturated rings. The van der Waals surface area contributed by atoms with Crippen LogP contribution in [0, 0.1) is 0 Å². The molecule has 0 bridgehead atoms. The molecule has 0 N–H and O–H groups in total. The van der Waals surface area contributed by atoms with Gasteiger partial charge in [-0.15, -0.1) is 13.2 Å². The summed E-state index contributed by atoms with van der Waals surface area (Å²) in [5.41, 5.74) is 0. The van der Waals surface area contributed by atoms with Crippen molar-refractivity contribution in [3.63, 3.8) is 0 Å². The molecule has 6 nitrogen and oxygen atoms in total. The van der Waals surface area contributed by atoms with Gasteiger partial charge in [0.2, 0.25) is 0 Å². The molecule has 0 spiro atoms. The molecule has 3 rings (SSSR count). The highest BCUT2D eigenvalue weighted by Gasteiger charge is 2.21. The molecule has 0 radical (unpaired) electrons. The summed E-state index contributed by atoms with van der Waals surface area (Å²) >= 11 is 0. The molecule has 0 unspecified atom stereocenters. The smallest absolute Gasteiger partial charge is 0.0161 e. The van der Waals surface area contributed by atoms with Crippen molar-refractivity contribution < 1.29 is 0 Å². The summed E-state index contributed by atoms with van der Waals surface area (Å²) in [7, 11) is 0. The van der Waals surface area contributed by atoms with Crippen LogP contribution in [0.4, 0.5) is 0 Å². The first-order valence-corrected chi connectivity index (χ1v) is 11.3. The van der Waals surface area contributed by atoms with Crippen LogP contribution in [0.5, 0.6) is 0 Å². The zero-order valence-electron chi connectivity index (χ0n) is 18.0. The zero-order chi connectivity index (χ0) is 19.6. The Balaban J connectivity index is 1.22. The second kappa shape index (κ2) is 12.1. The van der Waals surface area contributed by atoms with Gasteiger partial charge >= 0.3 is 0 Å². The Morgan fingerprint density at radius 3 is 0.821 bits per heavy atom. The Morgan fingerprint density at radius 2 is 0.607 bits per heavy atom. The van der Waals surface area contributed by atoms with Crippen LogP contribution in [0.15, 0.2) is 25.3 Å². The van der Waals surface area contributed by atoms with Crippen LogP contribution in [0.25, 0.3) is 0 Å². The van der Waals surface area contributed by atoms with Crippen LogP contribution in [-0.2, 0) is 0 Å². The first-order chi connectivity index (χ1) is 13.8. The van der Waals surface area contributed by atoms with Crippen molar-refractivity contribution in [2.75, 3.05) is 118 Å². The van der Waals surface area contributed by atoms with E-state index in [4.69, 9.17) is 0 Å². The normalized spacial score (nSPS) is 25.1. The number of nitrogens with zero attached hydrogens (tertiary/aromatic N) is 6. The Hall–Kier alpha value is -0.760. The van der Waals surface area contributed by atoms with Crippen molar-refractivity contribution in [3.8, 4) is 0 Å². The Bertz CT molecular complexity index is 404. The van der Waals surface area contributed by atoms with Gasteiger partial charge in [0.05, 0.1) is 0 Å². The average molecular weight is 391 g/mol. The molecule has 0 aromatic carbocycles. The molecule has 0 aromatic rings. The molecule has 3 saturated heterocycles. The van der Waals surface area contributed by atoms with Crippen LogP contribution < -0.4 is 0 Å². The SMILES string of the molecule is C=CCN1CCN(CCN2CCN(CCN3CCN(CC=C)CC3)CC2)CC1. The highest BCUT2D eigenvalue weighted by Crippen LogP contribution is 2.06. The third kappa shape index (κ3) is 7.25. The van der Waals surface area contributed by atoms with Gasteiger partial charge < -0.3 is 0 Å². The van der Waals surface area contributed by atoms with Gasteiger partial charge in [0, 0.05) is 118 Å². The van der Waals surface area contributed by atoms with Gasteiger partial charge in [-0.2, -0.15) is 0 Å². The largest absolute Gasteiger partial charge is 0.300 e. The van der Waals surface area contributed by atoms with Crippen molar-refractivity contribution in [3.05, 3.63) is 25.3 Å². The molecule has 160 valence electrons. The standard InChI is InChI=1S/C22H42N6/c1-3-5-23-7-11-25(12-8-23)15-17-27-19-21-28(22-20-27)18-16-26-13-9-24(6-4-2)10-14-26/h3-4H,1-2,5-22H2. The highest BCUT2D eigenvalue weighted by molar-refractivity contribution is 4.81. The van der Waals surface area contributed by atoms with E-state index in [-0.39, 0.29) is 0 Å². The molecule has 0 amide bonds. The third-order valence-electron chi connectivity index (χ3n) is 6.63. The first kappa shape index (κ1) is 21.9. The lowest BCUT2D eigenvalue weighted by molar-refractivity contribution is 0.0845. The van der Waals surface area contributed by atoms with E-state index in [1.165, 1.54) is 105 Å². The summed E-state index contributed by atoms with van der Waals surface area (Å²) in [5, 5.41) is 0. The van der Waals surface area contributed by atoms with Crippen LogP contribution in [0.3, 0.4) is 0 Å². The van der Waals surface area contributed by atoms with Gasteiger partial charge in [0.1, 0.15) is 0 Å². The summed E-state index contributed by atoms with van der Waals surface area (Å²) in [5.74, 6) is 0.